The minimum absolute atomic E-state index is 0.287. The minimum atomic E-state index is -0.450. The molecule has 21 heavy (non-hydrogen) atoms. The molecule has 0 atom stereocenters. The summed E-state index contributed by atoms with van der Waals surface area (Å²) in [6.45, 7) is 3.78. The first-order valence-electron chi connectivity index (χ1n) is 6.49. The van der Waals surface area contributed by atoms with Gasteiger partial charge in [0.25, 0.3) is 0 Å². The van der Waals surface area contributed by atoms with E-state index in [1.54, 1.807) is 37.5 Å². The lowest BCUT2D eigenvalue weighted by Gasteiger charge is -2.05. The van der Waals surface area contributed by atoms with Gasteiger partial charge in [0.15, 0.2) is 0 Å². The fourth-order valence-electron chi connectivity index (χ4n) is 1.81. The van der Waals surface area contributed by atoms with Crippen LogP contribution >= 0.6 is 11.3 Å². The number of rotatable bonds is 5. The summed E-state index contributed by atoms with van der Waals surface area (Å²) in [6.07, 6.45) is 4.74. The second kappa shape index (κ2) is 6.90. The van der Waals surface area contributed by atoms with E-state index in [0.717, 1.165) is 4.88 Å². The summed E-state index contributed by atoms with van der Waals surface area (Å²) in [4.78, 5) is 27.7. The number of carbonyl (C=O) groups is 2. The average molecular weight is 304 g/mol. The molecule has 0 radical (unpaired) electrons. The summed E-state index contributed by atoms with van der Waals surface area (Å²) in [5.41, 5.74) is 1.44. The molecule has 2 rings (SSSR count). The van der Waals surface area contributed by atoms with Crippen molar-refractivity contribution in [2.24, 2.45) is 0 Å². The zero-order valence-corrected chi connectivity index (χ0v) is 12.6. The van der Waals surface area contributed by atoms with E-state index in [0.29, 0.717) is 16.9 Å². The summed E-state index contributed by atoms with van der Waals surface area (Å²) in [5.74, 6) is -0.748. The number of hydrogen-bond donors (Lipinski definition) is 2. The van der Waals surface area contributed by atoms with Gasteiger partial charge < -0.3 is 15.0 Å². The first kappa shape index (κ1) is 15.1. The molecule has 0 saturated carbocycles. The molecule has 2 aromatic heterocycles. The van der Waals surface area contributed by atoms with Crippen LogP contribution in [0.25, 0.3) is 6.08 Å². The Labute approximate surface area is 126 Å². The number of nitrogens with one attached hydrogen (secondary N) is 2. The van der Waals surface area contributed by atoms with Gasteiger partial charge >= 0.3 is 5.97 Å². The number of amides is 1. The zero-order valence-electron chi connectivity index (χ0n) is 11.8. The van der Waals surface area contributed by atoms with Gasteiger partial charge in [-0.2, -0.15) is 0 Å². The lowest BCUT2D eigenvalue weighted by Crippen LogP contribution is -2.13. The molecular formula is C15H16N2O3S. The van der Waals surface area contributed by atoms with E-state index in [-0.39, 0.29) is 12.5 Å². The maximum Gasteiger partial charge on any atom is 0.342 e. The number of carbonyl (C=O) groups excluding carboxylic acids is 2. The van der Waals surface area contributed by atoms with Crippen LogP contribution < -0.4 is 5.32 Å². The van der Waals surface area contributed by atoms with Crippen molar-refractivity contribution in [3.8, 4) is 0 Å². The van der Waals surface area contributed by atoms with E-state index >= 15 is 0 Å². The lowest BCUT2D eigenvalue weighted by molar-refractivity contribution is -0.111. The SMILES string of the molecule is CCOC(=O)c1c(NC(=O)/C=C/c2cccs2)c[nH]c1C. The van der Waals surface area contributed by atoms with Crippen molar-refractivity contribution >= 4 is 35.0 Å². The highest BCUT2D eigenvalue weighted by Gasteiger charge is 2.18. The number of hydrogen-bond acceptors (Lipinski definition) is 4. The maximum atomic E-state index is 11.9. The number of H-pyrrole nitrogens is 1. The summed E-state index contributed by atoms with van der Waals surface area (Å²) in [6, 6.07) is 3.83. The molecule has 0 aromatic carbocycles. The van der Waals surface area contributed by atoms with Gasteiger partial charge in [-0.3, -0.25) is 4.79 Å². The van der Waals surface area contributed by atoms with Crippen molar-refractivity contribution in [2.75, 3.05) is 11.9 Å². The van der Waals surface area contributed by atoms with Crippen LogP contribution in [-0.4, -0.2) is 23.5 Å². The molecule has 2 N–H and O–H groups in total. The van der Waals surface area contributed by atoms with E-state index in [1.165, 1.54) is 6.08 Å². The first-order chi connectivity index (χ1) is 10.1. The van der Waals surface area contributed by atoms with E-state index in [2.05, 4.69) is 10.3 Å². The van der Waals surface area contributed by atoms with Crippen LogP contribution in [0.3, 0.4) is 0 Å². The topological polar surface area (TPSA) is 71.2 Å². The van der Waals surface area contributed by atoms with Gasteiger partial charge in [0.1, 0.15) is 5.56 Å². The maximum absolute atomic E-state index is 11.9. The van der Waals surface area contributed by atoms with Crippen molar-refractivity contribution in [3.05, 3.63) is 45.9 Å². The van der Waals surface area contributed by atoms with Gasteiger partial charge in [-0.15, -0.1) is 11.3 Å². The van der Waals surface area contributed by atoms with Crippen molar-refractivity contribution in [1.29, 1.82) is 0 Å². The second-order valence-corrected chi connectivity index (χ2v) is 5.24. The summed E-state index contributed by atoms with van der Waals surface area (Å²) >= 11 is 1.54. The van der Waals surface area contributed by atoms with Crippen molar-refractivity contribution < 1.29 is 14.3 Å². The fraction of sp³-hybridized carbons (Fsp3) is 0.200. The van der Waals surface area contributed by atoms with Gasteiger partial charge in [-0.25, -0.2) is 4.79 Å². The van der Waals surface area contributed by atoms with Gasteiger partial charge in [-0.05, 0) is 31.4 Å². The Morgan fingerprint density at radius 3 is 2.95 bits per heavy atom. The number of aromatic amines is 1. The molecule has 0 aliphatic carbocycles. The van der Waals surface area contributed by atoms with Gasteiger partial charge in [-0.1, -0.05) is 6.07 Å². The Bertz CT molecular complexity index is 657. The number of aromatic nitrogens is 1. The van der Waals surface area contributed by atoms with Crippen molar-refractivity contribution in [2.45, 2.75) is 13.8 Å². The molecule has 0 unspecified atom stereocenters. The standard InChI is InChI=1S/C15H16N2O3S/c1-3-20-15(19)14-10(2)16-9-12(14)17-13(18)7-6-11-5-4-8-21-11/h4-9,16H,3H2,1-2H3,(H,17,18)/b7-6+. The van der Waals surface area contributed by atoms with Crippen LogP contribution in [0.5, 0.6) is 0 Å². The molecule has 1 amide bonds. The van der Waals surface area contributed by atoms with Crippen LogP contribution in [0, 0.1) is 6.92 Å². The quantitative estimate of drug-likeness (QED) is 0.658. The number of aryl methyl sites for hydroxylation is 1. The van der Waals surface area contributed by atoms with Crippen LogP contribution in [0.4, 0.5) is 5.69 Å². The molecule has 0 spiro atoms. The lowest BCUT2D eigenvalue weighted by atomic mass is 10.2. The third-order valence-electron chi connectivity index (χ3n) is 2.76. The number of esters is 1. The molecule has 2 aromatic rings. The molecule has 0 aliphatic heterocycles. The zero-order chi connectivity index (χ0) is 15.2. The molecule has 110 valence electrons. The van der Waals surface area contributed by atoms with Crippen LogP contribution in [0.1, 0.15) is 27.9 Å². The van der Waals surface area contributed by atoms with E-state index in [1.807, 2.05) is 17.5 Å². The third-order valence-corrected chi connectivity index (χ3v) is 3.59. The van der Waals surface area contributed by atoms with Crippen molar-refractivity contribution in [3.63, 3.8) is 0 Å². The normalized spacial score (nSPS) is 10.8. The second-order valence-electron chi connectivity index (χ2n) is 4.26. The monoisotopic (exact) mass is 304 g/mol. The highest BCUT2D eigenvalue weighted by atomic mass is 32.1. The molecule has 5 nitrogen and oxygen atoms in total. The molecule has 0 aliphatic rings. The van der Waals surface area contributed by atoms with Gasteiger partial charge in [0.2, 0.25) is 5.91 Å². The number of anilines is 1. The Balaban J connectivity index is 2.09. The molecule has 0 fully saturated rings. The van der Waals surface area contributed by atoms with E-state index in [4.69, 9.17) is 4.74 Å². The Morgan fingerprint density at radius 2 is 2.29 bits per heavy atom. The highest BCUT2D eigenvalue weighted by Crippen LogP contribution is 2.20. The van der Waals surface area contributed by atoms with Crippen LogP contribution in [-0.2, 0) is 9.53 Å². The van der Waals surface area contributed by atoms with Crippen LogP contribution in [0.2, 0.25) is 0 Å². The molecule has 6 heteroatoms. The number of ether oxygens (including phenoxy) is 1. The molecule has 0 saturated heterocycles. The largest absolute Gasteiger partial charge is 0.462 e. The third kappa shape index (κ3) is 3.82. The van der Waals surface area contributed by atoms with Gasteiger partial charge in [0, 0.05) is 22.8 Å². The Hall–Kier alpha value is -2.34. The first-order valence-corrected chi connectivity index (χ1v) is 7.37. The average Bonchev–Trinajstić information content (AvgIpc) is 3.07. The molecule has 0 bridgehead atoms. The summed E-state index contributed by atoms with van der Waals surface area (Å²) in [7, 11) is 0. The van der Waals surface area contributed by atoms with Gasteiger partial charge in [0.05, 0.1) is 12.3 Å². The summed E-state index contributed by atoms with van der Waals surface area (Å²) in [5, 5.41) is 4.62. The highest BCUT2D eigenvalue weighted by molar-refractivity contribution is 7.10. The summed E-state index contributed by atoms with van der Waals surface area (Å²) < 4.78 is 4.98. The van der Waals surface area contributed by atoms with E-state index < -0.39 is 5.97 Å². The Kier molecular flexibility index (Phi) is 4.94. The minimum Gasteiger partial charge on any atom is -0.462 e. The predicted octanol–water partition coefficient (Wildman–Crippen LogP) is 3.21. The fourth-order valence-corrected chi connectivity index (χ4v) is 2.43. The number of thiophene rings is 1. The predicted molar refractivity (Wildman–Crippen MR) is 83.5 cm³/mol. The molecular weight excluding hydrogens is 288 g/mol. The smallest absolute Gasteiger partial charge is 0.342 e. The van der Waals surface area contributed by atoms with Crippen molar-refractivity contribution in [1.82, 2.24) is 4.98 Å². The van der Waals surface area contributed by atoms with E-state index in [9.17, 15) is 9.59 Å². The molecule has 2 heterocycles. The Morgan fingerprint density at radius 1 is 1.48 bits per heavy atom. The van der Waals surface area contributed by atoms with Crippen LogP contribution in [0.15, 0.2) is 29.8 Å².